The first-order valence-corrected chi connectivity index (χ1v) is 6.22. The first-order chi connectivity index (χ1) is 10.4. The lowest BCUT2D eigenvalue weighted by Crippen LogP contribution is -2.12. The molecule has 22 heavy (non-hydrogen) atoms. The lowest BCUT2D eigenvalue weighted by molar-refractivity contribution is -0.138. The van der Waals surface area contributed by atoms with Gasteiger partial charge in [-0.25, -0.2) is 4.79 Å². The molecule has 0 fully saturated rings. The summed E-state index contributed by atoms with van der Waals surface area (Å²) in [7, 11) is 1.13. The molecule has 0 saturated carbocycles. The second-order valence-electron chi connectivity index (χ2n) is 4.12. The molecule has 1 aromatic heterocycles. The van der Waals surface area contributed by atoms with Gasteiger partial charge in [-0.3, -0.25) is 0 Å². The van der Waals surface area contributed by atoms with Crippen molar-refractivity contribution in [2.45, 2.75) is 13.1 Å². The number of nitrogens with one attached hydrogen (secondary N) is 1. The predicted octanol–water partition coefficient (Wildman–Crippen LogP) is 2.68. The van der Waals surface area contributed by atoms with Gasteiger partial charge >= 0.3 is 12.1 Å². The summed E-state index contributed by atoms with van der Waals surface area (Å²) in [6, 6.07) is 3.73. The number of aromatic amines is 1. The quantitative estimate of drug-likeness (QED) is 0.878. The second kappa shape index (κ2) is 6.04. The Morgan fingerprint density at radius 2 is 2.05 bits per heavy atom. The number of methoxy groups -OCH3 is 1. The maximum atomic E-state index is 13.3. The van der Waals surface area contributed by atoms with Gasteiger partial charge in [0.25, 0.3) is 0 Å². The molecule has 0 spiro atoms. The van der Waals surface area contributed by atoms with Crippen LogP contribution in [-0.4, -0.2) is 35.1 Å². The zero-order chi connectivity index (χ0) is 16.3. The number of benzene rings is 1. The van der Waals surface area contributed by atoms with Crippen LogP contribution >= 0.6 is 0 Å². The van der Waals surface area contributed by atoms with Crippen molar-refractivity contribution in [2.24, 2.45) is 0 Å². The van der Waals surface area contributed by atoms with Gasteiger partial charge < -0.3 is 9.47 Å². The monoisotopic (exact) mass is 315 g/mol. The molecule has 0 radical (unpaired) electrons. The van der Waals surface area contributed by atoms with Crippen molar-refractivity contribution in [1.29, 1.82) is 0 Å². The highest BCUT2D eigenvalue weighted by molar-refractivity contribution is 5.94. The fraction of sp³-hybridized carbons (Fsp3) is 0.308. The summed E-state index contributed by atoms with van der Waals surface area (Å²) in [4.78, 5) is 11.8. The highest BCUT2D eigenvalue weighted by Crippen LogP contribution is 2.42. The van der Waals surface area contributed by atoms with E-state index in [2.05, 4.69) is 15.4 Å². The molecular weight excluding hydrogens is 303 g/mol. The summed E-state index contributed by atoms with van der Waals surface area (Å²) in [6.45, 7) is 1.64. The highest BCUT2D eigenvalue weighted by atomic mass is 19.4. The van der Waals surface area contributed by atoms with E-state index in [0.29, 0.717) is 0 Å². The average Bonchev–Trinajstić information content (AvgIpc) is 2.95. The molecule has 9 heteroatoms. The van der Waals surface area contributed by atoms with Crippen LogP contribution in [0.4, 0.5) is 13.2 Å². The molecule has 0 aliphatic carbocycles. The summed E-state index contributed by atoms with van der Waals surface area (Å²) < 4.78 is 49.5. The Balaban J connectivity index is 2.64. The molecule has 2 rings (SSSR count). The molecule has 2 aromatic rings. The fourth-order valence-electron chi connectivity index (χ4n) is 1.95. The number of carbonyl (C=O) groups excluding carboxylic acids is 1. The molecule has 1 N–H and O–H groups in total. The molecule has 118 valence electrons. The number of esters is 1. The lowest BCUT2D eigenvalue weighted by Gasteiger charge is -2.15. The van der Waals surface area contributed by atoms with E-state index in [0.717, 1.165) is 7.11 Å². The normalized spacial score (nSPS) is 11.3. The van der Waals surface area contributed by atoms with Crippen LogP contribution in [0.3, 0.4) is 0 Å². The zero-order valence-corrected chi connectivity index (χ0v) is 11.7. The first-order valence-electron chi connectivity index (χ1n) is 6.22. The standard InChI is InChI=1S/C13H12F3N3O3/c1-3-22-12(20)11-10(17-19-18-11)7-5-4-6-8(21-2)9(7)13(14,15)16/h4-6H,3H2,1-2H3,(H,17,18,19). The van der Waals surface area contributed by atoms with Crippen molar-refractivity contribution in [3.05, 3.63) is 29.5 Å². The number of rotatable bonds is 4. The van der Waals surface area contributed by atoms with Crippen LogP contribution in [0, 0.1) is 0 Å². The van der Waals surface area contributed by atoms with Gasteiger partial charge in [0.15, 0.2) is 5.69 Å². The SMILES string of the molecule is CCOC(=O)c1n[nH]nc1-c1cccc(OC)c1C(F)(F)F. The summed E-state index contributed by atoms with van der Waals surface area (Å²) in [5.74, 6) is -1.23. The Morgan fingerprint density at radius 3 is 2.64 bits per heavy atom. The summed E-state index contributed by atoms with van der Waals surface area (Å²) in [5, 5.41) is 9.36. The Morgan fingerprint density at radius 1 is 1.32 bits per heavy atom. The van der Waals surface area contributed by atoms with Crippen LogP contribution in [0.25, 0.3) is 11.3 Å². The lowest BCUT2D eigenvalue weighted by atomic mass is 10.0. The first kappa shape index (κ1) is 15.8. The van der Waals surface area contributed by atoms with E-state index in [1.165, 1.54) is 18.2 Å². The molecule has 0 aliphatic rings. The van der Waals surface area contributed by atoms with Gasteiger partial charge in [0.05, 0.1) is 13.7 Å². The molecule has 0 atom stereocenters. The number of aromatic nitrogens is 3. The van der Waals surface area contributed by atoms with Crippen LogP contribution in [0.2, 0.25) is 0 Å². The summed E-state index contributed by atoms with van der Waals surface area (Å²) in [5.41, 5.74) is -1.91. The Labute approximate surface area is 123 Å². The van der Waals surface area contributed by atoms with Crippen LogP contribution in [0.15, 0.2) is 18.2 Å². The Bertz CT molecular complexity index is 683. The van der Waals surface area contributed by atoms with Gasteiger partial charge in [-0.1, -0.05) is 12.1 Å². The van der Waals surface area contributed by atoms with Gasteiger partial charge in [0, 0.05) is 5.56 Å². The topological polar surface area (TPSA) is 77.1 Å². The third-order valence-corrected chi connectivity index (χ3v) is 2.80. The van der Waals surface area contributed by atoms with Gasteiger partial charge in [-0.15, -0.1) is 5.10 Å². The van der Waals surface area contributed by atoms with Crippen LogP contribution in [-0.2, 0) is 10.9 Å². The minimum Gasteiger partial charge on any atom is -0.496 e. The molecule has 1 aromatic carbocycles. The van der Waals surface area contributed by atoms with Gasteiger partial charge in [-0.05, 0) is 13.0 Å². The third kappa shape index (κ3) is 2.87. The average molecular weight is 315 g/mol. The molecule has 6 nitrogen and oxygen atoms in total. The van der Waals surface area contributed by atoms with Crippen molar-refractivity contribution in [2.75, 3.05) is 13.7 Å². The number of nitrogens with zero attached hydrogens (tertiary/aromatic N) is 2. The van der Waals surface area contributed by atoms with E-state index >= 15 is 0 Å². The number of H-pyrrole nitrogens is 1. The number of ether oxygens (including phenoxy) is 2. The van der Waals surface area contributed by atoms with Crippen molar-refractivity contribution >= 4 is 5.97 Å². The Kier molecular flexibility index (Phi) is 4.34. The molecule has 0 aliphatic heterocycles. The molecule has 0 amide bonds. The molecule has 1 heterocycles. The van der Waals surface area contributed by atoms with Crippen LogP contribution in [0.1, 0.15) is 23.0 Å². The Hall–Kier alpha value is -2.58. The molecule has 0 saturated heterocycles. The highest BCUT2D eigenvalue weighted by Gasteiger charge is 2.39. The van der Waals surface area contributed by atoms with Crippen molar-refractivity contribution in [3.63, 3.8) is 0 Å². The maximum absolute atomic E-state index is 13.3. The second-order valence-corrected chi connectivity index (χ2v) is 4.12. The molecule has 0 unspecified atom stereocenters. The molecule has 0 bridgehead atoms. The van der Waals surface area contributed by atoms with E-state index in [4.69, 9.17) is 9.47 Å². The number of alkyl halides is 3. The zero-order valence-electron chi connectivity index (χ0n) is 11.7. The minimum atomic E-state index is -4.69. The van der Waals surface area contributed by atoms with Gasteiger partial charge in [-0.2, -0.15) is 23.5 Å². The largest absolute Gasteiger partial charge is 0.496 e. The number of halogens is 3. The summed E-state index contributed by atoms with van der Waals surface area (Å²) in [6.07, 6.45) is -4.69. The van der Waals surface area contributed by atoms with Crippen molar-refractivity contribution in [3.8, 4) is 17.0 Å². The van der Waals surface area contributed by atoms with Crippen LogP contribution in [0.5, 0.6) is 5.75 Å². The third-order valence-electron chi connectivity index (χ3n) is 2.80. The van der Waals surface area contributed by atoms with E-state index < -0.39 is 17.7 Å². The van der Waals surface area contributed by atoms with E-state index in [1.807, 2.05) is 0 Å². The number of carbonyl (C=O) groups is 1. The number of hydrogen-bond acceptors (Lipinski definition) is 5. The fourth-order valence-corrected chi connectivity index (χ4v) is 1.95. The number of hydrogen-bond donors (Lipinski definition) is 1. The van der Waals surface area contributed by atoms with Crippen LogP contribution < -0.4 is 4.74 Å². The minimum absolute atomic E-state index is 0.0649. The predicted molar refractivity (Wildman–Crippen MR) is 69.3 cm³/mol. The van der Waals surface area contributed by atoms with E-state index in [-0.39, 0.29) is 29.3 Å². The van der Waals surface area contributed by atoms with Gasteiger partial charge in [0.2, 0.25) is 0 Å². The van der Waals surface area contributed by atoms with E-state index in [1.54, 1.807) is 6.92 Å². The smallest absolute Gasteiger partial charge is 0.420 e. The van der Waals surface area contributed by atoms with Crippen molar-refractivity contribution in [1.82, 2.24) is 15.4 Å². The van der Waals surface area contributed by atoms with Gasteiger partial charge in [0.1, 0.15) is 17.0 Å². The van der Waals surface area contributed by atoms with Crippen molar-refractivity contribution < 1.29 is 27.4 Å². The molecular formula is C13H12F3N3O3. The maximum Gasteiger partial charge on any atom is 0.420 e. The summed E-state index contributed by atoms with van der Waals surface area (Å²) >= 11 is 0. The van der Waals surface area contributed by atoms with E-state index in [9.17, 15) is 18.0 Å².